The van der Waals surface area contributed by atoms with Crippen molar-refractivity contribution in [1.82, 2.24) is 10.3 Å². The minimum absolute atomic E-state index is 0.107. The summed E-state index contributed by atoms with van der Waals surface area (Å²) in [4.78, 5) is 15.1. The first-order valence-corrected chi connectivity index (χ1v) is 4.91. The van der Waals surface area contributed by atoms with Gasteiger partial charge in [0.1, 0.15) is 5.75 Å². The third kappa shape index (κ3) is 2.85. The minimum Gasteiger partial charge on any atom is -0.496 e. The van der Waals surface area contributed by atoms with Crippen LogP contribution in [0.4, 0.5) is 0 Å². The van der Waals surface area contributed by atoms with Crippen molar-refractivity contribution in [2.24, 2.45) is 0 Å². The Morgan fingerprint density at radius 3 is 2.62 bits per heavy atom. The number of aromatic nitrogens is 1. The molecular formula is C11H16N2O3. The molecule has 1 aromatic heterocycles. The quantitative estimate of drug-likeness (QED) is 0.830. The maximum absolute atomic E-state index is 10.9. The maximum Gasteiger partial charge on any atom is 0.222 e. The van der Waals surface area contributed by atoms with Gasteiger partial charge in [0.15, 0.2) is 0 Å². The van der Waals surface area contributed by atoms with E-state index in [9.17, 15) is 4.79 Å². The molecule has 1 aromatic rings. The number of rotatable bonds is 4. The van der Waals surface area contributed by atoms with Gasteiger partial charge in [0.25, 0.3) is 0 Å². The van der Waals surface area contributed by atoms with Gasteiger partial charge < -0.3 is 14.8 Å². The number of hydrogen-bond donors (Lipinski definition) is 1. The molecule has 16 heavy (non-hydrogen) atoms. The summed E-state index contributed by atoms with van der Waals surface area (Å²) in [6, 6.07) is 1.81. The molecule has 0 spiro atoms. The maximum atomic E-state index is 10.9. The Bertz CT molecular complexity index is 366. The van der Waals surface area contributed by atoms with E-state index >= 15 is 0 Å². The molecule has 0 fully saturated rings. The van der Waals surface area contributed by atoms with Gasteiger partial charge in [-0.05, 0) is 6.92 Å². The van der Waals surface area contributed by atoms with E-state index in [4.69, 9.17) is 9.47 Å². The number of amides is 1. The molecule has 0 aliphatic heterocycles. The lowest BCUT2D eigenvalue weighted by molar-refractivity contribution is -0.119. The summed E-state index contributed by atoms with van der Waals surface area (Å²) < 4.78 is 10.4. The van der Waals surface area contributed by atoms with Crippen molar-refractivity contribution in [2.75, 3.05) is 14.2 Å². The van der Waals surface area contributed by atoms with Gasteiger partial charge in [0.05, 0.1) is 26.3 Å². The molecule has 0 aromatic carbocycles. The molecule has 5 nitrogen and oxygen atoms in total. The van der Waals surface area contributed by atoms with E-state index in [-0.39, 0.29) is 5.91 Å². The Hall–Kier alpha value is -1.78. The summed E-state index contributed by atoms with van der Waals surface area (Å²) >= 11 is 0. The molecule has 0 bridgehead atoms. The van der Waals surface area contributed by atoms with Crippen LogP contribution >= 0.6 is 0 Å². The van der Waals surface area contributed by atoms with Crippen LogP contribution in [0.3, 0.4) is 0 Å². The number of nitrogens with zero attached hydrogens (tertiary/aromatic N) is 1. The molecular weight excluding hydrogens is 208 g/mol. The molecule has 0 unspecified atom stereocenters. The van der Waals surface area contributed by atoms with E-state index in [1.54, 1.807) is 20.3 Å². The lowest BCUT2D eigenvalue weighted by Gasteiger charge is -2.13. The summed E-state index contributed by atoms with van der Waals surface area (Å²) in [5, 5.41) is 2.69. The highest BCUT2D eigenvalue weighted by Gasteiger charge is 2.12. The highest BCUT2D eigenvalue weighted by Crippen LogP contribution is 2.27. The van der Waals surface area contributed by atoms with Gasteiger partial charge in [0.2, 0.25) is 11.8 Å². The second kappa shape index (κ2) is 5.34. The zero-order chi connectivity index (χ0) is 12.1. The standard InChI is InChI=1S/C11H16N2O3/c1-7-5-10(15-3)9(6-12-8(2)14)11(13-7)16-4/h5H,6H2,1-4H3,(H,12,14). The van der Waals surface area contributed by atoms with Gasteiger partial charge in [0, 0.05) is 18.7 Å². The Morgan fingerprint density at radius 1 is 1.44 bits per heavy atom. The second-order valence-electron chi connectivity index (χ2n) is 3.36. The Kier molecular flexibility index (Phi) is 4.10. The summed E-state index contributed by atoms with van der Waals surface area (Å²) in [6.07, 6.45) is 0. The number of ether oxygens (including phenoxy) is 2. The molecule has 1 N–H and O–H groups in total. The number of methoxy groups -OCH3 is 2. The normalized spacial score (nSPS) is 9.75. The molecule has 0 aliphatic rings. The van der Waals surface area contributed by atoms with Gasteiger partial charge in [-0.15, -0.1) is 0 Å². The third-order valence-electron chi connectivity index (χ3n) is 2.10. The molecule has 88 valence electrons. The molecule has 0 saturated carbocycles. The highest BCUT2D eigenvalue weighted by atomic mass is 16.5. The molecule has 0 radical (unpaired) electrons. The second-order valence-corrected chi connectivity index (χ2v) is 3.36. The fourth-order valence-corrected chi connectivity index (χ4v) is 1.37. The lowest BCUT2D eigenvalue weighted by atomic mass is 10.2. The fraction of sp³-hybridized carbons (Fsp3) is 0.455. The van der Waals surface area contributed by atoms with Gasteiger partial charge in [-0.3, -0.25) is 4.79 Å². The average molecular weight is 224 g/mol. The molecule has 0 atom stereocenters. The zero-order valence-electron chi connectivity index (χ0n) is 9.96. The number of aryl methyl sites for hydroxylation is 1. The smallest absolute Gasteiger partial charge is 0.222 e. The van der Waals surface area contributed by atoms with Crippen LogP contribution in [0.1, 0.15) is 18.2 Å². The molecule has 1 heterocycles. The van der Waals surface area contributed by atoms with Crippen molar-refractivity contribution < 1.29 is 14.3 Å². The summed E-state index contributed by atoms with van der Waals surface area (Å²) in [6.45, 7) is 3.66. The summed E-state index contributed by atoms with van der Waals surface area (Å²) in [5.41, 5.74) is 1.55. The lowest BCUT2D eigenvalue weighted by Crippen LogP contribution is -2.20. The first kappa shape index (κ1) is 12.3. The van der Waals surface area contributed by atoms with E-state index in [0.717, 1.165) is 11.3 Å². The van der Waals surface area contributed by atoms with E-state index in [2.05, 4.69) is 10.3 Å². The third-order valence-corrected chi connectivity index (χ3v) is 2.10. The number of pyridine rings is 1. The van der Waals surface area contributed by atoms with Gasteiger partial charge >= 0.3 is 0 Å². The van der Waals surface area contributed by atoms with Crippen LogP contribution in [0.2, 0.25) is 0 Å². The number of hydrogen-bond acceptors (Lipinski definition) is 4. The highest BCUT2D eigenvalue weighted by molar-refractivity contribution is 5.73. The van der Waals surface area contributed by atoms with Crippen LogP contribution < -0.4 is 14.8 Å². The van der Waals surface area contributed by atoms with Crippen LogP contribution in [0.25, 0.3) is 0 Å². The summed E-state index contributed by atoms with van der Waals surface area (Å²) in [5.74, 6) is 1.04. The number of nitrogens with one attached hydrogen (secondary N) is 1. The van der Waals surface area contributed by atoms with Crippen LogP contribution in [-0.4, -0.2) is 25.1 Å². The van der Waals surface area contributed by atoms with Crippen molar-refractivity contribution in [3.05, 3.63) is 17.3 Å². The predicted octanol–water partition coefficient (Wildman–Crippen LogP) is 1.04. The largest absolute Gasteiger partial charge is 0.496 e. The molecule has 0 saturated heterocycles. The van der Waals surface area contributed by atoms with Crippen molar-refractivity contribution in [1.29, 1.82) is 0 Å². The first-order valence-electron chi connectivity index (χ1n) is 4.91. The number of carbonyl (C=O) groups excluding carboxylic acids is 1. The predicted molar refractivity (Wildman–Crippen MR) is 59.6 cm³/mol. The van der Waals surface area contributed by atoms with Gasteiger partial charge in [-0.2, -0.15) is 0 Å². The van der Waals surface area contributed by atoms with Crippen molar-refractivity contribution in [3.8, 4) is 11.6 Å². The zero-order valence-corrected chi connectivity index (χ0v) is 9.96. The molecule has 5 heteroatoms. The Morgan fingerprint density at radius 2 is 2.12 bits per heavy atom. The van der Waals surface area contributed by atoms with E-state index in [1.165, 1.54) is 6.92 Å². The van der Waals surface area contributed by atoms with Crippen molar-refractivity contribution >= 4 is 5.91 Å². The van der Waals surface area contributed by atoms with Crippen LogP contribution in [-0.2, 0) is 11.3 Å². The first-order chi connectivity index (χ1) is 7.58. The molecule has 1 amide bonds. The van der Waals surface area contributed by atoms with Gasteiger partial charge in [-0.1, -0.05) is 0 Å². The molecule has 1 rings (SSSR count). The average Bonchev–Trinajstić information content (AvgIpc) is 2.25. The van der Waals surface area contributed by atoms with E-state index < -0.39 is 0 Å². The van der Waals surface area contributed by atoms with Crippen LogP contribution in [0.5, 0.6) is 11.6 Å². The minimum atomic E-state index is -0.107. The van der Waals surface area contributed by atoms with Gasteiger partial charge in [-0.25, -0.2) is 4.98 Å². The van der Waals surface area contributed by atoms with Crippen molar-refractivity contribution in [3.63, 3.8) is 0 Å². The monoisotopic (exact) mass is 224 g/mol. The molecule has 0 aliphatic carbocycles. The fourth-order valence-electron chi connectivity index (χ4n) is 1.37. The SMILES string of the molecule is COc1cc(C)nc(OC)c1CNC(C)=O. The van der Waals surface area contributed by atoms with E-state index in [0.29, 0.717) is 18.2 Å². The van der Waals surface area contributed by atoms with Crippen LogP contribution in [0, 0.1) is 6.92 Å². The van der Waals surface area contributed by atoms with Crippen LogP contribution in [0.15, 0.2) is 6.07 Å². The van der Waals surface area contributed by atoms with Crippen molar-refractivity contribution in [2.45, 2.75) is 20.4 Å². The number of carbonyl (C=O) groups is 1. The van der Waals surface area contributed by atoms with E-state index in [1.807, 2.05) is 6.92 Å². The Labute approximate surface area is 94.8 Å². The topological polar surface area (TPSA) is 60.5 Å². The summed E-state index contributed by atoms with van der Waals surface area (Å²) in [7, 11) is 3.12. The Balaban J connectivity index is 3.06.